The molecule has 0 aliphatic rings. The summed E-state index contributed by atoms with van der Waals surface area (Å²) in [6, 6.07) is 12.7. The van der Waals surface area contributed by atoms with Crippen molar-refractivity contribution in [2.75, 3.05) is 13.1 Å². The standard InChI is InChI=1S/C24H31FN2O5S/c1-5-27(6-2)33(30,31)22-16-20(14-15-21(22)25)24(29)32-18(4)23(28)26-17(3)12-13-19-10-8-7-9-11-19/h7-11,14-18H,5-6,12-13H2,1-4H3,(H,26,28). The van der Waals surface area contributed by atoms with Gasteiger partial charge < -0.3 is 10.1 Å². The zero-order chi connectivity index (χ0) is 24.6. The monoisotopic (exact) mass is 478 g/mol. The van der Waals surface area contributed by atoms with E-state index in [4.69, 9.17) is 4.74 Å². The van der Waals surface area contributed by atoms with Gasteiger partial charge in [-0.3, -0.25) is 4.79 Å². The van der Waals surface area contributed by atoms with Gasteiger partial charge in [0.05, 0.1) is 5.56 Å². The normalized spacial score (nSPS) is 13.4. The third-order valence-electron chi connectivity index (χ3n) is 5.24. The number of carbonyl (C=O) groups excluding carboxylic acids is 2. The molecule has 0 bridgehead atoms. The molecular formula is C24H31FN2O5S. The Balaban J connectivity index is 2.01. The summed E-state index contributed by atoms with van der Waals surface area (Å²) in [6.07, 6.45) is 0.390. The highest BCUT2D eigenvalue weighted by Crippen LogP contribution is 2.21. The molecular weight excluding hydrogens is 447 g/mol. The average Bonchev–Trinajstić information content (AvgIpc) is 2.79. The minimum atomic E-state index is -4.11. The Hall–Kier alpha value is -2.78. The van der Waals surface area contributed by atoms with Gasteiger partial charge in [-0.2, -0.15) is 4.31 Å². The van der Waals surface area contributed by atoms with Crippen LogP contribution in [-0.4, -0.2) is 49.8 Å². The maximum absolute atomic E-state index is 14.3. The molecule has 2 atom stereocenters. The molecule has 0 aliphatic carbocycles. The highest BCUT2D eigenvalue weighted by Gasteiger charge is 2.27. The molecule has 0 aromatic heterocycles. The number of sulfonamides is 1. The number of hydrogen-bond donors (Lipinski definition) is 1. The molecule has 2 aromatic rings. The Morgan fingerprint density at radius 3 is 2.30 bits per heavy atom. The number of nitrogens with zero attached hydrogens (tertiary/aromatic N) is 1. The maximum Gasteiger partial charge on any atom is 0.338 e. The molecule has 0 heterocycles. The van der Waals surface area contributed by atoms with Crippen LogP contribution in [0.1, 0.15) is 50.0 Å². The van der Waals surface area contributed by atoms with Crippen molar-refractivity contribution in [2.24, 2.45) is 0 Å². The predicted molar refractivity (Wildman–Crippen MR) is 124 cm³/mol. The van der Waals surface area contributed by atoms with E-state index in [1.54, 1.807) is 13.8 Å². The topological polar surface area (TPSA) is 92.8 Å². The summed E-state index contributed by atoms with van der Waals surface area (Å²) < 4.78 is 45.9. The number of esters is 1. The number of aryl methyl sites for hydroxylation is 1. The van der Waals surface area contributed by atoms with Gasteiger partial charge >= 0.3 is 5.97 Å². The van der Waals surface area contributed by atoms with Gasteiger partial charge in [0.2, 0.25) is 10.0 Å². The minimum Gasteiger partial charge on any atom is -0.449 e. The van der Waals surface area contributed by atoms with E-state index in [1.165, 1.54) is 6.92 Å². The van der Waals surface area contributed by atoms with Gasteiger partial charge in [0.15, 0.2) is 6.10 Å². The first kappa shape index (κ1) is 26.5. The molecule has 180 valence electrons. The molecule has 2 rings (SSSR count). The van der Waals surface area contributed by atoms with Gasteiger partial charge in [-0.1, -0.05) is 44.2 Å². The van der Waals surface area contributed by atoms with E-state index in [2.05, 4.69) is 5.32 Å². The lowest BCUT2D eigenvalue weighted by atomic mass is 10.1. The molecule has 2 unspecified atom stereocenters. The van der Waals surface area contributed by atoms with Crippen molar-refractivity contribution in [3.05, 3.63) is 65.5 Å². The van der Waals surface area contributed by atoms with Gasteiger partial charge in [-0.25, -0.2) is 17.6 Å². The maximum atomic E-state index is 14.3. The van der Waals surface area contributed by atoms with Crippen molar-refractivity contribution in [2.45, 2.75) is 57.6 Å². The molecule has 0 radical (unpaired) electrons. The summed E-state index contributed by atoms with van der Waals surface area (Å²) in [5.74, 6) is -2.34. The number of carbonyl (C=O) groups is 2. The fourth-order valence-corrected chi connectivity index (χ4v) is 4.82. The number of nitrogens with one attached hydrogen (secondary N) is 1. The fourth-order valence-electron chi connectivity index (χ4n) is 3.27. The summed E-state index contributed by atoms with van der Waals surface area (Å²) in [6.45, 7) is 6.88. The van der Waals surface area contributed by atoms with Crippen LogP contribution in [0.5, 0.6) is 0 Å². The van der Waals surface area contributed by atoms with Gasteiger partial charge in [0.1, 0.15) is 10.7 Å². The SMILES string of the molecule is CCN(CC)S(=O)(=O)c1cc(C(=O)OC(C)C(=O)NC(C)CCc2ccccc2)ccc1F. The lowest BCUT2D eigenvalue weighted by Gasteiger charge is -2.20. The van der Waals surface area contributed by atoms with E-state index in [0.717, 1.165) is 34.5 Å². The van der Waals surface area contributed by atoms with Crippen LogP contribution in [0, 0.1) is 5.82 Å². The molecule has 1 N–H and O–H groups in total. The Bertz CT molecular complexity index is 1060. The molecule has 0 saturated heterocycles. The lowest BCUT2D eigenvalue weighted by molar-refractivity contribution is -0.129. The number of hydrogen-bond acceptors (Lipinski definition) is 5. The zero-order valence-electron chi connectivity index (χ0n) is 19.4. The Labute approximate surface area is 195 Å². The number of ether oxygens (including phenoxy) is 1. The van der Waals surface area contributed by atoms with Crippen molar-refractivity contribution < 1.29 is 27.1 Å². The van der Waals surface area contributed by atoms with Crippen LogP contribution in [0.3, 0.4) is 0 Å². The summed E-state index contributed by atoms with van der Waals surface area (Å²) in [5.41, 5.74) is 1.00. The van der Waals surface area contributed by atoms with Crippen LogP contribution in [0.4, 0.5) is 4.39 Å². The second-order valence-corrected chi connectivity index (χ2v) is 9.62. The minimum absolute atomic E-state index is 0.143. The van der Waals surface area contributed by atoms with E-state index in [-0.39, 0.29) is 24.7 Å². The molecule has 0 aliphatic heterocycles. The van der Waals surface area contributed by atoms with E-state index in [1.807, 2.05) is 37.3 Å². The van der Waals surface area contributed by atoms with Crippen LogP contribution >= 0.6 is 0 Å². The number of halogens is 1. The first-order valence-electron chi connectivity index (χ1n) is 10.9. The highest BCUT2D eigenvalue weighted by atomic mass is 32.2. The van der Waals surface area contributed by atoms with Crippen molar-refractivity contribution in [3.63, 3.8) is 0 Å². The van der Waals surface area contributed by atoms with Gasteiger partial charge in [0, 0.05) is 19.1 Å². The Morgan fingerprint density at radius 1 is 1.06 bits per heavy atom. The molecule has 0 spiro atoms. The van der Waals surface area contributed by atoms with E-state index < -0.39 is 38.7 Å². The molecule has 0 saturated carbocycles. The van der Waals surface area contributed by atoms with Gasteiger partial charge in [-0.05, 0) is 50.5 Å². The molecule has 0 fully saturated rings. The first-order valence-corrected chi connectivity index (χ1v) is 12.4. The fraction of sp³-hybridized carbons (Fsp3) is 0.417. The van der Waals surface area contributed by atoms with Crippen molar-refractivity contribution in [3.8, 4) is 0 Å². The lowest BCUT2D eigenvalue weighted by Crippen LogP contribution is -2.41. The number of amides is 1. The molecule has 2 aromatic carbocycles. The molecule has 7 nitrogen and oxygen atoms in total. The van der Waals surface area contributed by atoms with E-state index in [9.17, 15) is 22.4 Å². The number of rotatable bonds is 11. The van der Waals surface area contributed by atoms with Crippen LogP contribution in [0.25, 0.3) is 0 Å². The Morgan fingerprint density at radius 2 is 1.70 bits per heavy atom. The molecule has 1 amide bonds. The van der Waals surface area contributed by atoms with Crippen LogP contribution in [0.15, 0.2) is 53.4 Å². The van der Waals surface area contributed by atoms with Crippen molar-refractivity contribution >= 4 is 21.9 Å². The van der Waals surface area contributed by atoms with Gasteiger partial charge in [-0.15, -0.1) is 0 Å². The predicted octanol–water partition coefficient (Wildman–Crippen LogP) is 3.54. The third-order valence-corrected chi connectivity index (χ3v) is 7.31. The zero-order valence-corrected chi connectivity index (χ0v) is 20.2. The van der Waals surface area contributed by atoms with Crippen molar-refractivity contribution in [1.29, 1.82) is 0 Å². The molecule has 33 heavy (non-hydrogen) atoms. The van der Waals surface area contributed by atoms with Crippen molar-refractivity contribution in [1.82, 2.24) is 9.62 Å². The first-order chi connectivity index (χ1) is 15.6. The highest BCUT2D eigenvalue weighted by molar-refractivity contribution is 7.89. The average molecular weight is 479 g/mol. The number of benzene rings is 2. The van der Waals surface area contributed by atoms with Crippen LogP contribution < -0.4 is 5.32 Å². The largest absolute Gasteiger partial charge is 0.449 e. The Kier molecular flexibility index (Phi) is 9.55. The van der Waals surface area contributed by atoms with Crippen LogP contribution in [-0.2, 0) is 26.0 Å². The summed E-state index contributed by atoms with van der Waals surface area (Å²) >= 11 is 0. The molecule has 9 heteroatoms. The smallest absolute Gasteiger partial charge is 0.338 e. The second-order valence-electron chi connectivity index (χ2n) is 7.72. The van der Waals surface area contributed by atoms with E-state index in [0.29, 0.717) is 6.42 Å². The van der Waals surface area contributed by atoms with Crippen LogP contribution in [0.2, 0.25) is 0 Å². The summed E-state index contributed by atoms with van der Waals surface area (Å²) in [7, 11) is -4.11. The summed E-state index contributed by atoms with van der Waals surface area (Å²) in [4.78, 5) is 24.3. The third kappa shape index (κ3) is 7.10. The summed E-state index contributed by atoms with van der Waals surface area (Å²) in [5, 5.41) is 2.80. The second kappa shape index (κ2) is 11.9. The van der Waals surface area contributed by atoms with Gasteiger partial charge in [0.25, 0.3) is 5.91 Å². The quantitative estimate of drug-likeness (QED) is 0.499. The van der Waals surface area contributed by atoms with E-state index >= 15 is 0 Å².